The lowest BCUT2D eigenvalue weighted by Gasteiger charge is -2.24. The van der Waals surface area contributed by atoms with E-state index in [-0.39, 0.29) is 28.7 Å². The highest BCUT2D eigenvalue weighted by atomic mass is 79.9. The van der Waals surface area contributed by atoms with E-state index in [1.54, 1.807) is 18.2 Å². The second kappa shape index (κ2) is 9.76. The predicted octanol–water partition coefficient (Wildman–Crippen LogP) is 4.04. The van der Waals surface area contributed by atoms with Crippen LogP contribution in [0.5, 0.6) is 0 Å². The van der Waals surface area contributed by atoms with Gasteiger partial charge < -0.3 is 14.5 Å². The van der Waals surface area contributed by atoms with Crippen molar-refractivity contribution >= 4 is 43.5 Å². The Balaban J connectivity index is 1.78. The molecule has 1 aliphatic rings. The molecule has 0 bridgehead atoms. The quantitative estimate of drug-likeness (QED) is 0.577. The average Bonchev–Trinajstić information content (AvgIpc) is 3.25. The number of nitrogens with one attached hydrogen (secondary N) is 1. The molecule has 2 heterocycles. The summed E-state index contributed by atoms with van der Waals surface area (Å²) in [6.45, 7) is 3.01. The molecular weight excluding hydrogens is 476 g/mol. The van der Waals surface area contributed by atoms with Gasteiger partial charge in [-0.2, -0.15) is 4.31 Å². The van der Waals surface area contributed by atoms with Gasteiger partial charge in [0.25, 0.3) is 15.9 Å². The van der Waals surface area contributed by atoms with E-state index in [0.29, 0.717) is 24.0 Å². The molecule has 1 N–H and O–H groups in total. The summed E-state index contributed by atoms with van der Waals surface area (Å²) in [6, 6.07) is 7.35. The number of anilines is 1. The molecule has 1 fully saturated rings. The Morgan fingerprint density at radius 2 is 1.90 bits per heavy atom. The van der Waals surface area contributed by atoms with Gasteiger partial charge in [-0.3, -0.25) is 4.79 Å². The molecule has 1 aliphatic heterocycles. The molecule has 30 heavy (non-hydrogen) atoms. The van der Waals surface area contributed by atoms with Gasteiger partial charge in [-0.15, -0.1) is 0 Å². The third kappa shape index (κ3) is 5.11. The number of rotatable bonds is 7. The first-order chi connectivity index (χ1) is 14.3. The van der Waals surface area contributed by atoms with Gasteiger partial charge in [0.05, 0.1) is 17.9 Å². The summed E-state index contributed by atoms with van der Waals surface area (Å²) >= 11 is 3.30. The van der Waals surface area contributed by atoms with Crippen LogP contribution in [0.1, 0.15) is 53.5 Å². The van der Waals surface area contributed by atoms with Crippen molar-refractivity contribution in [3.63, 3.8) is 0 Å². The van der Waals surface area contributed by atoms with Gasteiger partial charge >= 0.3 is 5.97 Å². The molecule has 1 aromatic heterocycles. The molecule has 0 saturated carbocycles. The number of hydrogen-bond donors (Lipinski definition) is 1. The van der Waals surface area contributed by atoms with Gasteiger partial charge in [0.2, 0.25) is 5.09 Å². The number of sulfonamides is 1. The third-order valence-electron chi connectivity index (χ3n) is 4.60. The third-order valence-corrected chi connectivity index (χ3v) is 6.87. The summed E-state index contributed by atoms with van der Waals surface area (Å²) in [4.78, 5) is 24.9. The fourth-order valence-corrected chi connectivity index (χ4v) is 4.85. The second-order valence-corrected chi connectivity index (χ2v) is 9.65. The average molecular weight is 499 g/mol. The molecule has 0 unspecified atom stereocenters. The monoisotopic (exact) mass is 498 g/mol. The van der Waals surface area contributed by atoms with Crippen LogP contribution in [0.15, 0.2) is 44.3 Å². The van der Waals surface area contributed by atoms with Gasteiger partial charge in [0.1, 0.15) is 0 Å². The summed E-state index contributed by atoms with van der Waals surface area (Å²) in [6.07, 6.45) is 3.26. The first kappa shape index (κ1) is 22.5. The smallest absolute Gasteiger partial charge is 0.340 e. The molecule has 2 aromatic rings. The SMILES string of the molecule is CCCOC(=O)c1cc(Br)ccc1NC(=O)c1ccc(S(=O)(=O)N2CCCCC2)o1. The van der Waals surface area contributed by atoms with Crippen LogP contribution in [0.3, 0.4) is 0 Å². The molecule has 1 aromatic carbocycles. The van der Waals surface area contributed by atoms with Gasteiger partial charge in [-0.05, 0) is 49.6 Å². The Bertz CT molecular complexity index is 1030. The Kier molecular flexibility index (Phi) is 7.32. The van der Waals surface area contributed by atoms with E-state index in [1.807, 2.05) is 6.92 Å². The minimum absolute atomic E-state index is 0.165. The highest BCUT2D eigenvalue weighted by molar-refractivity contribution is 9.10. The first-order valence-corrected chi connectivity index (χ1v) is 11.9. The van der Waals surface area contributed by atoms with Gasteiger partial charge in [-0.25, -0.2) is 13.2 Å². The summed E-state index contributed by atoms with van der Waals surface area (Å²) in [5.41, 5.74) is 0.417. The van der Waals surface area contributed by atoms with Crippen molar-refractivity contribution in [2.24, 2.45) is 0 Å². The van der Waals surface area contributed by atoms with Crippen LogP contribution in [0.4, 0.5) is 5.69 Å². The van der Waals surface area contributed by atoms with Crippen LogP contribution in [-0.2, 0) is 14.8 Å². The standard InChI is InChI=1S/C20H23BrN2O6S/c1-2-12-28-20(25)15-13-14(21)6-7-16(15)22-19(24)17-8-9-18(29-17)30(26,27)23-10-4-3-5-11-23/h6-9,13H,2-5,10-12H2,1H3,(H,22,24). The van der Waals surface area contributed by atoms with Crippen molar-refractivity contribution in [2.75, 3.05) is 25.0 Å². The Hall–Kier alpha value is -2.17. The number of benzene rings is 1. The molecule has 162 valence electrons. The Labute approximate surface area is 183 Å². The zero-order chi connectivity index (χ0) is 21.7. The molecule has 1 saturated heterocycles. The molecule has 1 amide bonds. The molecule has 0 aliphatic carbocycles. The number of hydrogen-bond acceptors (Lipinski definition) is 6. The van der Waals surface area contributed by atoms with E-state index >= 15 is 0 Å². The molecule has 10 heteroatoms. The van der Waals surface area contributed by atoms with Crippen LogP contribution in [0.25, 0.3) is 0 Å². The van der Waals surface area contributed by atoms with E-state index < -0.39 is 21.9 Å². The number of piperidine rings is 1. The van der Waals surface area contributed by atoms with Crippen molar-refractivity contribution in [3.05, 3.63) is 46.1 Å². The topological polar surface area (TPSA) is 106 Å². The number of amides is 1. The highest BCUT2D eigenvalue weighted by Gasteiger charge is 2.30. The molecule has 0 radical (unpaired) electrons. The zero-order valence-corrected chi connectivity index (χ0v) is 18.9. The van der Waals surface area contributed by atoms with Crippen molar-refractivity contribution in [2.45, 2.75) is 37.7 Å². The fourth-order valence-electron chi connectivity index (χ4n) is 3.06. The van der Waals surface area contributed by atoms with E-state index in [0.717, 1.165) is 19.3 Å². The van der Waals surface area contributed by atoms with E-state index in [9.17, 15) is 18.0 Å². The van der Waals surface area contributed by atoms with Gasteiger partial charge in [0, 0.05) is 17.6 Å². The van der Waals surface area contributed by atoms with E-state index in [1.165, 1.54) is 16.4 Å². The maximum atomic E-state index is 12.7. The molecule has 3 rings (SSSR count). The number of carbonyl (C=O) groups excluding carboxylic acids is 2. The normalized spacial score (nSPS) is 15.0. The van der Waals surface area contributed by atoms with Crippen molar-refractivity contribution in [3.8, 4) is 0 Å². The minimum Gasteiger partial charge on any atom is -0.462 e. The molecule has 0 spiro atoms. The first-order valence-electron chi connectivity index (χ1n) is 9.71. The van der Waals surface area contributed by atoms with Crippen LogP contribution >= 0.6 is 15.9 Å². The summed E-state index contributed by atoms with van der Waals surface area (Å²) in [5.74, 6) is -1.40. The minimum atomic E-state index is -3.78. The van der Waals surface area contributed by atoms with Gasteiger partial charge in [0.15, 0.2) is 5.76 Å². The number of nitrogens with zero attached hydrogens (tertiary/aromatic N) is 1. The van der Waals surface area contributed by atoms with Crippen LogP contribution in [0, 0.1) is 0 Å². The van der Waals surface area contributed by atoms with Gasteiger partial charge in [-0.1, -0.05) is 29.3 Å². The number of ether oxygens (including phenoxy) is 1. The second-order valence-electron chi connectivity index (χ2n) is 6.86. The maximum absolute atomic E-state index is 12.7. The van der Waals surface area contributed by atoms with E-state index in [4.69, 9.17) is 9.15 Å². The predicted molar refractivity (Wildman–Crippen MR) is 114 cm³/mol. The molecule has 0 atom stereocenters. The van der Waals surface area contributed by atoms with E-state index in [2.05, 4.69) is 21.2 Å². The van der Waals surface area contributed by atoms with Crippen molar-refractivity contribution in [1.29, 1.82) is 0 Å². The van der Waals surface area contributed by atoms with Crippen LogP contribution < -0.4 is 5.32 Å². The van der Waals surface area contributed by atoms with Crippen LogP contribution in [-0.4, -0.2) is 44.3 Å². The molecule has 8 nitrogen and oxygen atoms in total. The van der Waals surface area contributed by atoms with Crippen molar-refractivity contribution in [1.82, 2.24) is 4.31 Å². The lowest BCUT2D eigenvalue weighted by molar-refractivity contribution is 0.0506. The number of carbonyl (C=O) groups is 2. The molecular formula is C20H23BrN2O6S. The number of esters is 1. The lowest BCUT2D eigenvalue weighted by atomic mass is 10.1. The Morgan fingerprint density at radius 1 is 1.17 bits per heavy atom. The summed E-state index contributed by atoms with van der Waals surface area (Å²) < 4.78 is 37.9. The fraction of sp³-hybridized carbons (Fsp3) is 0.400. The highest BCUT2D eigenvalue weighted by Crippen LogP contribution is 2.25. The summed E-state index contributed by atoms with van der Waals surface area (Å²) in [7, 11) is -3.78. The lowest BCUT2D eigenvalue weighted by Crippen LogP contribution is -2.35. The largest absolute Gasteiger partial charge is 0.462 e. The Morgan fingerprint density at radius 3 is 2.60 bits per heavy atom. The van der Waals surface area contributed by atoms with Crippen LogP contribution in [0.2, 0.25) is 0 Å². The summed E-state index contributed by atoms with van der Waals surface area (Å²) in [5, 5.41) is 2.32. The zero-order valence-electron chi connectivity index (χ0n) is 16.5. The number of furan rings is 1. The number of halogens is 1. The van der Waals surface area contributed by atoms with Crippen molar-refractivity contribution < 1.29 is 27.2 Å². The maximum Gasteiger partial charge on any atom is 0.340 e.